The molecule has 2 aliphatic rings. The summed E-state index contributed by atoms with van der Waals surface area (Å²) in [6, 6.07) is 16.8. The van der Waals surface area contributed by atoms with E-state index in [-0.39, 0.29) is 0 Å². The Hall–Kier alpha value is -3.12. The predicted octanol–water partition coefficient (Wildman–Crippen LogP) is 8.11. The van der Waals surface area contributed by atoms with Crippen molar-refractivity contribution < 1.29 is 10.4 Å². The lowest BCUT2D eigenvalue weighted by molar-refractivity contribution is -0.660. The van der Waals surface area contributed by atoms with E-state index in [1.807, 2.05) is 18.2 Å². The van der Waals surface area contributed by atoms with Gasteiger partial charge in [0, 0.05) is 29.8 Å². The van der Waals surface area contributed by atoms with Crippen LogP contribution >= 0.6 is 0 Å². The van der Waals surface area contributed by atoms with Gasteiger partial charge in [0.1, 0.15) is 18.2 Å². The van der Waals surface area contributed by atoms with Crippen molar-refractivity contribution in [2.75, 3.05) is 0 Å². The summed E-state index contributed by atoms with van der Waals surface area (Å²) in [6.07, 6.45) is 12.7. The Morgan fingerprint density at radius 3 is 2.34 bits per heavy atom. The van der Waals surface area contributed by atoms with Crippen LogP contribution < -0.4 is 4.57 Å². The largest absolute Gasteiger partial charge is 0.455 e. The highest BCUT2D eigenvalue weighted by Crippen LogP contribution is 2.47. The van der Waals surface area contributed by atoms with E-state index in [4.69, 9.17) is 4.42 Å². The van der Waals surface area contributed by atoms with Gasteiger partial charge in [-0.3, -0.25) is 0 Å². The number of hydrogen-bond donors (Lipinski definition) is 0. The molecule has 4 aromatic rings. The SMILES string of the molecule is [2H]C1(c2c(C#N)ccc3c2oc2c(-c4cccc[n+]4C)c(C)ccc23)CCC(C2CCCCC2)CC1. The number of hydrogen-bond acceptors (Lipinski definition) is 2. The predicted molar refractivity (Wildman–Crippen MR) is 141 cm³/mol. The summed E-state index contributed by atoms with van der Waals surface area (Å²) >= 11 is 0. The van der Waals surface area contributed by atoms with Gasteiger partial charge < -0.3 is 4.42 Å². The third-order valence-electron chi connectivity index (χ3n) is 8.75. The zero-order valence-electron chi connectivity index (χ0n) is 21.9. The van der Waals surface area contributed by atoms with Gasteiger partial charge >= 0.3 is 0 Å². The number of benzene rings is 2. The molecule has 6 rings (SSSR count). The van der Waals surface area contributed by atoms with E-state index < -0.39 is 5.89 Å². The van der Waals surface area contributed by atoms with E-state index in [2.05, 4.69) is 55.1 Å². The van der Waals surface area contributed by atoms with E-state index in [1.165, 1.54) is 32.1 Å². The molecule has 2 aromatic heterocycles. The summed E-state index contributed by atoms with van der Waals surface area (Å²) < 4.78 is 18.5. The average Bonchev–Trinajstić information content (AvgIpc) is 3.28. The lowest BCUT2D eigenvalue weighted by Gasteiger charge is -2.36. The third kappa shape index (κ3) is 3.84. The maximum Gasteiger partial charge on any atom is 0.216 e. The molecule has 0 N–H and O–H groups in total. The summed E-state index contributed by atoms with van der Waals surface area (Å²) in [7, 11) is 2.05. The van der Waals surface area contributed by atoms with Crippen LogP contribution in [-0.4, -0.2) is 0 Å². The monoisotopic (exact) mass is 464 g/mol. The van der Waals surface area contributed by atoms with Gasteiger partial charge in [-0.25, -0.2) is 4.57 Å². The molecule has 0 saturated heterocycles. The number of nitriles is 1. The Kier molecular flexibility index (Phi) is 5.54. The van der Waals surface area contributed by atoms with Crippen molar-refractivity contribution in [2.45, 2.75) is 70.6 Å². The Bertz CT molecular complexity index is 1480. The van der Waals surface area contributed by atoms with Gasteiger partial charge in [-0.15, -0.1) is 0 Å². The number of nitrogens with zero attached hydrogens (tertiary/aromatic N) is 2. The molecule has 0 aliphatic heterocycles. The van der Waals surface area contributed by atoms with Gasteiger partial charge in [0.25, 0.3) is 0 Å². The molecule has 0 radical (unpaired) electrons. The fourth-order valence-electron chi connectivity index (χ4n) is 6.86. The van der Waals surface area contributed by atoms with Crippen LogP contribution in [-0.2, 0) is 7.05 Å². The summed E-state index contributed by atoms with van der Waals surface area (Å²) in [5.74, 6) is 0.783. The van der Waals surface area contributed by atoms with Crippen LogP contribution in [0.15, 0.2) is 53.1 Å². The molecule has 178 valence electrons. The van der Waals surface area contributed by atoms with Gasteiger partial charge in [0.2, 0.25) is 5.69 Å². The summed E-state index contributed by atoms with van der Waals surface area (Å²) in [5.41, 5.74) is 6.31. The zero-order valence-corrected chi connectivity index (χ0v) is 20.9. The van der Waals surface area contributed by atoms with Crippen molar-refractivity contribution in [3.05, 3.63) is 65.4 Å². The Morgan fingerprint density at radius 2 is 1.60 bits per heavy atom. The highest BCUT2D eigenvalue weighted by Gasteiger charge is 2.32. The first-order valence-electron chi connectivity index (χ1n) is 13.8. The van der Waals surface area contributed by atoms with Crippen molar-refractivity contribution in [3.8, 4) is 17.3 Å². The minimum absolute atomic E-state index is 0.594. The second-order valence-electron chi connectivity index (χ2n) is 10.7. The van der Waals surface area contributed by atoms with Crippen molar-refractivity contribution in [3.63, 3.8) is 0 Å². The van der Waals surface area contributed by atoms with Crippen LogP contribution in [0, 0.1) is 30.1 Å². The van der Waals surface area contributed by atoms with E-state index >= 15 is 0 Å². The molecule has 0 atom stereocenters. The molecule has 2 aromatic carbocycles. The molecule has 2 heterocycles. The molecule has 0 spiro atoms. The van der Waals surface area contributed by atoms with Crippen LogP contribution in [0.5, 0.6) is 0 Å². The average molecular weight is 465 g/mol. The lowest BCUT2D eigenvalue weighted by Crippen LogP contribution is -2.30. The van der Waals surface area contributed by atoms with Crippen LogP contribution in [0.2, 0.25) is 0 Å². The number of aromatic nitrogens is 1. The number of aryl methyl sites for hydroxylation is 2. The van der Waals surface area contributed by atoms with E-state index in [1.54, 1.807) is 0 Å². The second-order valence-corrected chi connectivity index (χ2v) is 10.7. The highest BCUT2D eigenvalue weighted by atomic mass is 16.3. The summed E-state index contributed by atoms with van der Waals surface area (Å²) in [5, 5.41) is 12.2. The minimum atomic E-state index is -0.782. The standard InChI is InChI=1S/C32H35N2O/c1-21-11-17-26-27-18-16-25(20-33)30(24-14-12-23(13-15-24)22-8-4-3-5-9-22)32(27)35-31(26)29(21)28-10-6-7-19-34(28)2/h6-7,10-11,16-19,22-24H,3-5,8-9,12-15H2,1-2H3/q+1/i24D. The first-order valence-corrected chi connectivity index (χ1v) is 13.3. The van der Waals surface area contributed by atoms with Gasteiger partial charge in [-0.2, -0.15) is 5.26 Å². The lowest BCUT2D eigenvalue weighted by atomic mass is 9.69. The van der Waals surface area contributed by atoms with Gasteiger partial charge in [0.05, 0.1) is 17.2 Å². The molecule has 2 fully saturated rings. The number of rotatable bonds is 3. The van der Waals surface area contributed by atoms with E-state index in [0.29, 0.717) is 5.56 Å². The molecule has 3 nitrogen and oxygen atoms in total. The molecule has 3 heteroatoms. The first-order chi connectivity index (χ1) is 17.5. The van der Waals surface area contributed by atoms with Crippen molar-refractivity contribution in [2.24, 2.45) is 18.9 Å². The topological polar surface area (TPSA) is 40.8 Å². The second kappa shape index (κ2) is 9.15. The zero-order chi connectivity index (χ0) is 24.9. The van der Waals surface area contributed by atoms with Crippen LogP contribution in [0.1, 0.15) is 81.7 Å². The molecule has 2 saturated carbocycles. The smallest absolute Gasteiger partial charge is 0.216 e. The number of fused-ring (bicyclic) bond motifs is 3. The summed E-state index contributed by atoms with van der Waals surface area (Å²) in [4.78, 5) is 0. The van der Waals surface area contributed by atoms with Crippen molar-refractivity contribution >= 4 is 21.9 Å². The summed E-state index contributed by atoms with van der Waals surface area (Å²) in [6.45, 7) is 2.12. The van der Waals surface area contributed by atoms with Crippen LogP contribution in [0.25, 0.3) is 33.2 Å². The van der Waals surface area contributed by atoms with Crippen LogP contribution in [0.3, 0.4) is 0 Å². The Labute approximate surface area is 209 Å². The van der Waals surface area contributed by atoms with E-state index in [0.717, 1.165) is 81.8 Å². The van der Waals surface area contributed by atoms with Crippen LogP contribution in [0.4, 0.5) is 0 Å². The Morgan fingerprint density at radius 1 is 0.886 bits per heavy atom. The molecule has 0 bridgehead atoms. The molecule has 0 amide bonds. The molecular weight excluding hydrogens is 428 g/mol. The van der Waals surface area contributed by atoms with Gasteiger partial charge in [-0.05, 0) is 74.1 Å². The normalized spacial score (nSPS) is 23.9. The molecule has 35 heavy (non-hydrogen) atoms. The molecular formula is C32H35N2O+. The van der Waals surface area contributed by atoms with Crippen molar-refractivity contribution in [1.29, 1.82) is 5.26 Å². The molecule has 0 unspecified atom stereocenters. The quantitative estimate of drug-likeness (QED) is 0.287. The minimum Gasteiger partial charge on any atom is -0.455 e. The fraction of sp³-hybridized carbons (Fsp3) is 0.438. The fourth-order valence-corrected chi connectivity index (χ4v) is 6.86. The Balaban J connectivity index is 1.49. The first kappa shape index (κ1) is 21.2. The number of furan rings is 1. The highest BCUT2D eigenvalue weighted by molar-refractivity contribution is 6.11. The maximum atomic E-state index is 10.1. The van der Waals surface area contributed by atoms with Crippen molar-refractivity contribution in [1.82, 2.24) is 0 Å². The maximum absolute atomic E-state index is 10.1. The number of pyridine rings is 1. The van der Waals surface area contributed by atoms with Gasteiger partial charge in [-0.1, -0.05) is 44.2 Å². The van der Waals surface area contributed by atoms with Gasteiger partial charge in [0.15, 0.2) is 6.20 Å². The van der Waals surface area contributed by atoms with E-state index in [9.17, 15) is 6.63 Å². The third-order valence-corrected chi connectivity index (χ3v) is 8.75. The molecule has 2 aliphatic carbocycles.